The maximum atomic E-state index is 10.3. The van der Waals surface area contributed by atoms with Crippen LogP contribution in [0.5, 0.6) is 0 Å². The molecule has 0 bridgehead atoms. The second-order valence-electron chi connectivity index (χ2n) is 4.72. The van der Waals surface area contributed by atoms with E-state index < -0.39 is 5.60 Å². The Balaban J connectivity index is 2.54. The highest BCUT2D eigenvalue weighted by atomic mass is 16.3. The molecule has 0 amide bonds. The van der Waals surface area contributed by atoms with E-state index >= 15 is 0 Å². The van der Waals surface area contributed by atoms with Crippen molar-refractivity contribution in [2.24, 2.45) is 11.1 Å². The van der Waals surface area contributed by atoms with Crippen molar-refractivity contribution < 1.29 is 5.11 Å². The van der Waals surface area contributed by atoms with Crippen molar-refractivity contribution in [1.29, 1.82) is 0 Å². The van der Waals surface area contributed by atoms with Gasteiger partial charge in [-0.3, -0.25) is 0 Å². The molecule has 0 saturated heterocycles. The smallest absolute Gasteiger partial charge is 0.0687 e. The van der Waals surface area contributed by atoms with Gasteiger partial charge in [0.15, 0.2) is 0 Å². The van der Waals surface area contributed by atoms with Crippen LogP contribution in [-0.4, -0.2) is 17.3 Å². The van der Waals surface area contributed by atoms with Gasteiger partial charge in [-0.1, -0.05) is 26.2 Å². The second-order valence-corrected chi connectivity index (χ2v) is 4.72. The average Bonchev–Trinajstić information content (AvgIpc) is 1.99. The number of rotatable bonds is 5. The molecular weight excluding hydrogens is 162 g/mol. The molecule has 1 aliphatic rings. The summed E-state index contributed by atoms with van der Waals surface area (Å²) in [4.78, 5) is 0. The average molecular weight is 185 g/mol. The Labute approximate surface area is 81.5 Å². The zero-order valence-corrected chi connectivity index (χ0v) is 8.97. The lowest BCUT2D eigenvalue weighted by atomic mass is 9.58. The Morgan fingerprint density at radius 2 is 2.08 bits per heavy atom. The van der Waals surface area contributed by atoms with Crippen LogP contribution in [0.15, 0.2) is 0 Å². The van der Waals surface area contributed by atoms with Gasteiger partial charge in [-0.05, 0) is 26.2 Å². The van der Waals surface area contributed by atoms with Crippen LogP contribution < -0.4 is 5.73 Å². The fourth-order valence-electron chi connectivity index (χ4n) is 2.35. The fourth-order valence-corrected chi connectivity index (χ4v) is 2.35. The van der Waals surface area contributed by atoms with Crippen molar-refractivity contribution in [1.82, 2.24) is 0 Å². The van der Waals surface area contributed by atoms with E-state index in [1.54, 1.807) is 0 Å². The highest BCUT2D eigenvalue weighted by molar-refractivity contribution is 5.01. The van der Waals surface area contributed by atoms with Crippen LogP contribution in [-0.2, 0) is 0 Å². The van der Waals surface area contributed by atoms with Crippen LogP contribution in [0.1, 0.15) is 52.4 Å². The highest BCUT2D eigenvalue weighted by Crippen LogP contribution is 2.50. The van der Waals surface area contributed by atoms with Gasteiger partial charge < -0.3 is 10.8 Å². The van der Waals surface area contributed by atoms with Crippen LogP contribution >= 0.6 is 0 Å². The molecule has 1 aliphatic carbocycles. The molecule has 1 atom stereocenters. The number of nitrogens with two attached hydrogens (primary N) is 1. The third-order valence-electron chi connectivity index (χ3n) is 3.86. The van der Waals surface area contributed by atoms with Gasteiger partial charge in [-0.15, -0.1) is 0 Å². The van der Waals surface area contributed by atoms with Crippen LogP contribution in [0.25, 0.3) is 0 Å². The number of hydrogen-bond acceptors (Lipinski definition) is 2. The fraction of sp³-hybridized carbons (Fsp3) is 1.00. The predicted octanol–water partition coefficient (Wildman–Crippen LogP) is 2.06. The molecule has 1 saturated carbocycles. The number of aliphatic hydroxyl groups is 1. The third kappa shape index (κ3) is 1.89. The minimum atomic E-state index is -0.532. The van der Waals surface area contributed by atoms with Crippen molar-refractivity contribution in [3.05, 3.63) is 0 Å². The molecule has 0 aromatic rings. The zero-order chi connectivity index (χ0) is 9.95. The number of unbranched alkanes of at least 4 members (excludes halogenated alkanes) is 1. The summed E-state index contributed by atoms with van der Waals surface area (Å²) in [5.74, 6) is 0. The Hall–Kier alpha value is -0.0800. The third-order valence-corrected chi connectivity index (χ3v) is 3.86. The lowest BCUT2D eigenvalue weighted by Gasteiger charge is -2.51. The molecule has 0 aliphatic heterocycles. The molecule has 1 unspecified atom stereocenters. The van der Waals surface area contributed by atoms with Gasteiger partial charge in [0.25, 0.3) is 0 Å². The molecule has 3 N–H and O–H groups in total. The van der Waals surface area contributed by atoms with Crippen molar-refractivity contribution in [2.45, 2.75) is 58.0 Å². The van der Waals surface area contributed by atoms with Crippen LogP contribution in [0, 0.1) is 5.41 Å². The predicted molar refractivity (Wildman–Crippen MR) is 55.5 cm³/mol. The molecule has 13 heavy (non-hydrogen) atoms. The minimum Gasteiger partial charge on any atom is -0.390 e. The Kier molecular flexibility index (Phi) is 3.36. The maximum absolute atomic E-state index is 10.3. The zero-order valence-electron chi connectivity index (χ0n) is 8.97. The van der Waals surface area contributed by atoms with E-state index in [0.29, 0.717) is 6.54 Å². The summed E-state index contributed by atoms with van der Waals surface area (Å²) in [6.45, 7) is 4.77. The summed E-state index contributed by atoms with van der Waals surface area (Å²) in [6, 6.07) is 0. The maximum Gasteiger partial charge on any atom is 0.0687 e. The van der Waals surface area contributed by atoms with E-state index in [4.69, 9.17) is 5.73 Å². The van der Waals surface area contributed by atoms with E-state index in [2.05, 4.69) is 6.92 Å². The normalized spacial score (nSPS) is 24.9. The van der Waals surface area contributed by atoms with E-state index in [1.807, 2.05) is 6.92 Å². The lowest BCUT2D eigenvalue weighted by Crippen LogP contribution is -2.54. The van der Waals surface area contributed by atoms with Crippen LogP contribution in [0.2, 0.25) is 0 Å². The summed E-state index contributed by atoms with van der Waals surface area (Å²) >= 11 is 0. The van der Waals surface area contributed by atoms with Gasteiger partial charge in [0.1, 0.15) is 0 Å². The van der Waals surface area contributed by atoms with Gasteiger partial charge >= 0.3 is 0 Å². The topological polar surface area (TPSA) is 46.2 Å². The molecule has 1 fully saturated rings. The van der Waals surface area contributed by atoms with Gasteiger partial charge in [-0.2, -0.15) is 0 Å². The molecule has 1 rings (SSSR count). The van der Waals surface area contributed by atoms with Crippen LogP contribution in [0.4, 0.5) is 0 Å². The first-order valence-electron chi connectivity index (χ1n) is 5.50. The van der Waals surface area contributed by atoms with Gasteiger partial charge in [-0.25, -0.2) is 0 Å². The highest BCUT2D eigenvalue weighted by Gasteiger charge is 2.49. The summed E-state index contributed by atoms with van der Waals surface area (Å²) in [7, 11) is 0. The molecule has 0 heterocycles. The Morgan fingerprint density at radius 3 is 2.38 bits per heavy atom. The molecule has 0 aromatic carbocycles. The Bertz CT molecular complexity index is 156. The first-order chi connectivity index (χ1) is 6.08. The minimum absolute atomic E-state index is 0.0438. The van der Waals surface area contributed by atoms with E-state index in [1.165, 1.54) is 6.42 Å². The summed E-state index contributed by atoms with van der Waals surface area (Å²) in [5, 5.41) is 10.3. The van der Waals surface area contributed by atoms with Gasteiger partial charge in [0, 0.05) is 12.0 Å². The largest absolute Gasteiger partial charge is 0.390 e. The van der Waals surface area contributed by atoms with E-state index in [9.17, 15) is 5.11 Å². The summed E-state index contributed by atoms with van der Waals surface area (Å²) in [5.41, 5.74) is 5.28. The first-order valence-corrected chi connectivity index (χ1v) is 5.50. The standard InChI is InChI=1S/C11H23NO/c1-3-4-6-10(2,13)11(9-12)7-5-8-11/h13H,3-9,12H2,1-2H3. The van der Waals surface area contributed by atoms with Crippen molar-refractivity contribution in [3.63, 3.8) is 0 Å². The summed E-state index contributed by atoms with van der Waals surface area (Å²) < 4.78 is 0. The molecule has 0 aromatic heterocycles. The quantitative estimate of drug-likeness (QED) is 0.688. The second kappa shape index (κ2) is 3.97. The molecule has 2 heteroatoms. The van der Waals surface area contributed by atoms with E-state index in [-0.39, 0.29) is 5.41 Å². The van der Waals surface area contributed by atoms with Crippen molar-refractivity contribution in [2.75, 3.05) is 6.54 Å². The van der Waals surface area contributed by atoms with Crippen LogP contribution in [0.3, 0.4) is 0 Å². The summed E-state index contributed by atoms with van der Waals surface area (Å²) in [6.07, 6.45) is 6.62. The Morgan fingerprint density at radius 1 is 1.46 bits per heavy atom. The lowest BCUT2D eigenvalue weighted by molar-refractivity contribution is -0.115. The molecule has 0 radical (unpaired) electrons. The van der Waals surface area contributed by atoms with Crippen molar-refractivity contribution >= 4 is 0 Å². The number of hydrogen-bond donors (Lipinski definition) is 2. The molecule has 78 valence electrons. The molecule has 2 nitrogen and oxygen atoms in total. The van der Waals surface area contributed by atoms with E-state index in [0.717, 1.165) is 32.1 Å². The molecule has 0 spiro atoms. The van der Waals surface area contributed by atoms with Crippen molar-refractivity contribution in [3.8, 4) is 0 Å². The SMILES string of the molecule is CCCCC(C)(O)C1(CN)CCC1. The monoisotopic (exact) mass is 185 g/mol. The molecular formula is C11H23NO. The first kappa shape index (κ1) is 11.0. The van der Waals surface area contributed by atoms with Gasteiger partial charge in [0.05, 0.1) is 5.60 Å². The van der Waals surface area contributed by atoms with Gasteiger partial charge in [0.2, 0.25) is 0 Å².